The van der Waals surface area contributed by atoms with E-state index in [1.165, 1.54) is 6.92 Å². The lowest BCUT2D eigenvalue weighted by atomic mass is 10.4. The van der Waals surface area contributed by atoms with Crippen LogP contribution in [0.15, 0.2) is 6.20 Å². The number of halogens is 4. The summed E-state index contributed by atoms with van der Waals surface area (Å²) in [6.07, 6.45) is -3.76. The first kappa shape index (κ1) is 12.3. The Labute approximate surface area is 96.5 Å². The molecule has 0 amide bonds. The molecule has 1 rings (SSSR count). The van der Waals surface area contributed by atoms with Gasteiger partial charge in [0.15, 0.2) is 5.69 Å². The maximum atomic E-state index is 12.4. The zero-order chi connectivity index (χ0) is 11.6. The summed E-state index contributed by atoms with van der Waals surface area (Å²) in [7, 11) is 0. The SMILES string of the molecule is CCOC(=O)c1c(I)cnn1C(F)(F)F. The van der Waals surface area contributed by atoms with Crippen molar-refractivity contribution in [2.24, 2.45) is 0 Å². The minimum absolute atomic E-state index is 0.0119. The largest absolute Gasteiger partial charge is 0.505 e. The van der Waals surface area contributed by atoms with Crippen LogP contribution in [0.4, 0.5) is 13.2 Å². The fourth-order valence-electron chi connectivity index (χ4n) is 0.904. The minimum Gasteiger partial charge on any atom is -0.461 e. The first-order valence-electron chi connectivity index (χ1n) is 3.85. The predicted molar refractivity (Wildman–Crippen MR) is 52.2 cm³/mol. The molecule has 0 unspecified atom stereocenters. The standard InChI is InChI=1S/C7H6F3IN2O2/c1-2-15-6(14)5-4(11)3-12-13(5)7(8,9)10/h3H,2H2,1H3. The molecule has 0 aliphatic carbocycles. The summed E-state index contributed by atoms with van der Waals surface area (Å²) >= 11 is 1.59. The molecule has 0 atom stereocenters. The molecule has 0 N–H and O–H groups in total. The Bertz CT molecular complexity index is 375. The van der Waals surface area contributed by atoms with Gasteiger partial charge >= 0.3 is 12.3 Å². The van der Waals surface area contributed by atoms with Crippen molar-refractivity contribution >= 4 is 28.6 Å². The third kappa shape index (κ3) is 2.61. The van der Waals surface area contributed by atoms with Crippen molar-refractivity contribution in [2.45, 2.75) is 13.2 Å². The van der Waals surface area contributed by atoms with E-state index in [1.807, 2.05) is 0 Å². The van der Waals surface area contributed by atoms with Crippen LogP contribution in [0.5, 0.6) is 0 Å². The monoisotopic (exact) mass is 334 g/mol. The average Bonchev–Trinajstić information content (AvgIpc) is 2.46. The van der Waals surface area contributed by atoms with Crippen LogP contribution in [-0.2, 0) is 11.0 Å². The van der Waals surface area contributed by atoms with Crippen LogP contribution in [0.25, 0.3) is 0 Å². The fraction of sp³-hybridized carbons (Fsp3) is 0.429. The number of alkyl halides is 3. The Kier molecular flexibility index (Phi) is 3.58. The fourth-order valence-corrected chi connectivity index (χ4v) is 1.48. The van der Waals surface area contributed by atoms with E-state index in [0.29, 0.717) is 0 Å². The molecule has 1 heterocycles. The molecule has 0 aliphatic rings. The molecule has 0 fully saturated rings. The topological polar surface area (TPSA) is 44.1 Å². The number of nitrogens with zero attached hydrogens (tertiary/aromatic N) is 2. The number of hydrogen-bond donors (Lipinski definition) is 0. The number of carbonyl (C=O) groups excluding carboxylic acids is 1. The van der Waals surface area contributed by atoms with Crippen molar-refractivity contribution in [1.29, 1.82) is 0 Å². The highest BCUT2D eigenvalue weighted by Gasteiger charge is 2.37. The van der Waals surface area contributed by atoms with Crippen LogP contribution < -0.4 is 0 Å². The lowest BCUT2D eigenvalue weighted by molar-refractivity contribution is -0.213. The van der Waals surface area contributed by atoms with Gasteiger partial charge in [-0.15, -0.1) is 13.2 Å². The van der Waals surface area contributed by atoms with E-state index in [2.05, 4.69) is 9.84 Å². The van der Waals surface area contributed by atoms with Crippen molar-refractivity contribution in [3.05, 3.63) is 15.5 Å². The van der Waals surface area contributed by atoms with Gasteiger partial charge in [0.2, 0.25) is 0 Å². The predicted octanol–water partition coefficient (Wildman–Crippen LogP) is 2.14. The Morgan fingerprint density at radius 1 is 1.67 bits per heavy atom. The van der Waals surface area contributed by atoms with Gasteiger partial charge < -0.3 is 4.74 Å². The summed E-state index contributed by atoms with van der Waals surface area (Å²) in [5.41, 5.74) is -0.593. The number of rotatable bonds is 2. The molecule has 0 aromatic carbocycles. The molecule has 0 bridgehead atoms. The van der Waals surface area contributed by atoms with E-state index >= 15 is 0 Å². The summed E-state index contributed by atoms with van der Waals surface area (Å²) in [5, 5.41) is 3.07. The summed E-state index contributed by atoms with van der Waals surface area (Å²) in [6, 6.07) is 0. The molecular weight excluding hydrogens is 328 g/mol. The van der Waals surface area contributed by atoms with Crippen LogP contribution in [0, 0.1) is 3.57 Å². The van der Waals surface area contributed by atoms with Gasteiger partial charge in [-0.1, -0.05) is 0 Å². The molecule has 84 valence electrons. The van der Waals surface area contributed by atoms with Gasteiger partial charge in [-0.25, -0.2) is 4.79 Å². The highest BCUT2D eigenvalue weighted by atomic mass is 127. The van der Waals surface area contributed by atoms with Crippen molar-refractivity contribution in [1.82, 2.24) is 9.78 Å². The molecule has 1 aromatic heterocycles. The summed E-state index contributed by atoms with van der Waals surface area (Å²) in [4.78, 5) is 11.2. The summed E-state index contributed by atoms with van der Waals surface area (Å²) < 4.78 is 41.4. The Morgan fingerprint density at radius 2 is 2.27 bits per heavy atom. The quantitative estimate of drug-likeness (QED) is 0.615. The maximum absolute atomic E-state index is 12.4. The smallest absolute Gasteiger partial charge is 0.461 e. The molecule has 8 heteroatoms. The van der Waals surface area contributed by atoms with Crippen molar-refractivity contribution in [2.75, 3.05) is 6.61 Å². The summed E-state index contributed by atoms with van der Waals surface area (Å²) in [6.45, 7) is 1.52. The zero-order valence-corrected chi connectivity index (χ0v) is 9.66. The van der Waals surface area contributed by atoms with E-state index in [9.17, 15) is 18.0 Å². The van der Waals surface area contributed by atoms with Crippen LogP contribution in [-0.4, -0.2) is 22.4 Å². The van der Waals surface area contributed by atoms with Crippen molar-refractivity contribution in [3.63, 3.8) is 0 Å². The average molecular weight is 334 g/mol. The number of ether oxygens (including phenoxy) is 1. The van der Waals surface area contributed by atoms with Gasteiger partial charge in [-0.3, -0.25) is 0 Å². The Morgan fingerprint density at radius 3 is 2.73 bits per heavy atom. The van der Waals surface area contributed by atoms with E-state index < -0.39 is 18.0 Å². The van der Waals surface area contributed by atoms with Gasteiger partial charge in [-0.05, 0) is 29.5 Å². The van der Waals surface area contributed by atoms with Gasteiger partial charge in [0, 0.05) is 0 Å². The highest BCUT2D eigenvalue weighted by Crippen LogP contribution is 2.26. The number of carbonyl (C=O) groups is 1. The van der Waals surface area contributed by atoms with Crippen LogP contribution in [0.1, 0.15) is 17.4 Å². The molecule has 0 spiro atoms. The second kappa shape index (κ2) is 4.37. The molecule has 1 aromatic rings. The van der Waals surface area contributed by atoms with E-state index in [1.54, 1.807) is 22.6 Å². The number of hydrogen-bond acceptors (Lipinski definition) is 3. The lowest BCUT2D eigenvalue weighted by Gasteiger charge is -2.09. The number of esters is 1. The van der Waals surface area contributed by atoms with Crippen LogP contribution >= 0.6 is 22.6 Å². The molecule has 0 saturated carbocycles. The van der Waals surface area contributed by atoms with Crippen molar-refractivity contribution < 1.29 is 22.7 Å². The van der Waals surface area contributed by atoms with E-state index in [-0.39, 0.29) is 14.9 Å². The first-order valence-corrected chi connectivity index (χ1v) is 4.93. The van der Waals surface area contributed by atoms with Crippen molar-refractivity contribution in [3.8, 4) is 0 Å². The molecule has 4 nitrogen and oxygen atoms in total. The van der Waals surface area contributed by atoms with Crippen LogP contribution in [0.2, 0.25) is 0 Å². The maximum Gasteiger partial charge on any atom is 0.505 e. The highest BCUT2D eigenvalue weighted by molar-refractivity contribution is 14.1. The first-order chi connectivity index (χ1) is 6.88. The molecular formula is C7H6F3IN2O2. The van der Waals surface area contributed by atoms with Gasteiger partial charge in [0.25, 0.3) is 0 Å². The second-order valence-corrected chi connectivity index (χ2v) is 3.60. The van der Waals surface area contributed by atoms with Gasteiger partial charge in [0.1, 0.15) is 0 Å². The summed E-state index contributed by atoms with van der Waals surface area (Å²) in [5.74, 6) is -1.03. The molecule has 15 heavy (non-hydrogen) atoms. The zero-order valence-electron chi connectivity index (χ0n) is 7.51. The number of aromatic nitrogens is 2. The van der Waals surface area contributed by atoms with E-state index in [4.69, 9.17) is 0 Å². The Balaban J connectivity index is 3.16. The van der Waals surface area contributed by atoms with Gasteiger partial charge in [-0.2, -0.15) is 9.78 Å². The third-order valence-corrected chi connectivity index (χ3v) is 2.22. The second-order valence-electron chi connectivity index (χ2n) is 2.44. The Hall–Kier alpha value is -0.800. The van der Waals surface area contributed by atoms with Gasteiger partial charge in [0.05, 0.1) is 16.4 Å². The molecule has 0 radical (unpaired) electrons. The third-order valence-electron chi connectivity index (χ3n) is 1.43. The van der Waals surface area contributed by atoms with E-state index in [0.717, 1.165) is 6.20 Å². The molecule has 0 saturated heterocycles. The van der Waals surface area contributed by atoms with Crippen LogP contribution in [0.3, 0.4) is 0 Å². The normalized spacial score (nSPS) is 11.5. The molecule has 0 aliphatic heterocycles. The minimum atomic E-state index is -4.72. The lowest BCUT2D eigenvalue weighted by Crippen LogP contribution is -2.24.